The van der Waals surface area contributed by atoms with Gasteiger partial charge in [0.25, 0.3) is 0 Å². The van der Waals surface area contributed by atoms with Gasteiger partial charge in [0, 0.05) is 0 Å². The van der Waals surface area contributed by atoms with E-state index in [2.05, 4.69) is 6.92 Å². The fourth-order valence-corrected chi connectivity index (χ4v) is 1.41. The minimum atomic E-state index is 0.0503. The van der Waals surface area contributed by atoms with Crippen LogP contribution in [0.4, 0.5) is 0 Å². The largest absolute Gasteiger partial charge is 0.349 e. The SMILES string of the molecule is CC1CCCC(OI)O1. The summed E-state index contributed by atoms with van der Waals surface area (Å²) in [6.07, 6.45) is 3.89. The molecule has 0 aromatic rings. The highest BCUT2D eigenvalue weighted by molar-refractivity contribution is 14.1. The molecule has 0 N–H and O–H groups in total. The van der Waals surface area contributed by atoms with Gasteiger partial charge in [0.1, 0.15) is 23.0 Å². The van der Waals surface area contributed by atoms with E-state index in [1.807, 2.05) is 23.0 Å². The van der Waals surface area contributed by atoms with Crippen molar-refractivity contribution in [1.82, 2.24) is 0 Å². The number of hydrogen-bond donors (Lipinski definition) is 0. The predicted octanol–water partition coefficient (Wildman–Crippen LogP) is 2.27. The minimum absolute atomic E-state index is 0.0503. The molecule has 1 rings (SSSR count). The van der Waals surface area contributed by atoms with Crippen LogP contribution in [0.3, 0.4) is 0 Å². The van der Waals surface area contributed by atoms with Crippen LogP contribution in [0.2, 0.25) is 0 Å². The van der Waals surface area contributed by atoms with Gasteiger partial charge in [-0.3, -0.25) is 3.07 Å². The maximum absolute atomic E-state index is 5.41. The molecule has 1 aliphatic rings. The summed E-state index contributed by atoms with van der Waals surface area (Å²) < 4.78 is 10.4. The van der Waals surface area contributed by atoms with E-state index in [-0.39, 0.29) is 6.29 Å². The number of halogens is 1. The zero-order chi connectivity index (χ0) is 6.69. The van der Waals surface area contributed by atoms with E-state index in [1.165, 1.54) is 12.8 Å². The molecule has 0 bridgehead atoms. The summed E-state index contributed by atoms with van der Waals surface area (Å²) in [6, 6.07) is 0. The van der Waals surface area contributed by atoms with Crippen molar-refractivity contribution in [2.24, 2.45) is 0 Å². The highest BCUT2D eigenvalue weighted by atomic mass is 127. The summed E-state index contributed by atoms with van der Waals surface area (Å²) in [4.78, 5) is 0. The smallest absolute Gasteiger partial charge is 0.169 e. The molecule has 2 atom stereocenters. The highest BCUT2D eigenvalue weighted by Crippen LogP contribution is 2.20. The van der Waals surface area contributed by atoms with Crippen LogP contribution in [0.25, 0.3) is 0 Å². The van der Waals surface area contributed by atoms with Crippen LogP contribution in [0.1, 0.15) is 26.2 Å². The fraction of sp³-hybridized carbons (Fsp3) is 1.00. The van der Waals surface area contributed by atoms with Gasteiger partial charge in [-0.15, -0.1) is 0 Å². The Kier molecular flexibility index (Phi) is 3.21. The Morgan fingerprint density at radius 2 is 2.33 bits per heavy atom. The number of rotatable bonds is 1. The molecule has 54 valence electrons. The van der Waals surface area contributed by atoms with Crippen molar-refractivity contribution in [3.63, 3.8) is 0 Å². The van der Waals surface area contributed by atoms with Crippen LogP contribution in [0, 0.1) is 0 Å². The van der Waals surface area contributed by atoms with Gasteiger partial charge in [-0.05, 0) is 26.2 Å². The van der Waals surface area contributed by atoms with Gasteiger partial charge in [0.05, 0.1) is 6.10 Å². The van der Waals surface area contributed by atoms with Crippen LogP contribution < -0.4 is 0 Å². The first-order valence-corrected chi connectivity index (χ1v) is 4.14. The van der Waals surface area contributed by atoms with Crippen molar-refractivity contribution in [1.29, 1.82) is 0 Å². The molecule has 1 fully saturated rings. The van der Waals surface area contributed by atoms with Gasteiger partial charge in [-0.2, -0.15) is 0 Å². The molecule has 0 aliphatic carbocycles. The molecule has 0 radical (unpaired) electrons. The lowest BCUT2D eigenvalue weighted by molar-refractivity contribution is -0.122. The van der Waals surface area contributed by atoms with E-state index in [1.54, 1.807) is 0 Å². The molecule has 1 heterocycles. The van der Waals surface area contributed by atoms with Gasteiger partial charge in [0.15, 0.2) is 6.29 Å². The maximum atomic E-state index is 5.41. The van der Waals surface area contributed by atoms with Crippen molar-refractivity contribution in [2.75, 3.05) is 0 Å². The summed E-state index contributed by atoms with van der Waals surface area (Å²) in [7, 11) is 0. The highest BCUT2D eigenvalue weighted by Gasteiger charge is 2.18. The summed E-state index contributed by atoms with van der Waals surface area (Å²) in [5.74, 6) is 0. The van der Waals surface area contributed by atoms with Crippen LogP contribution >= 0.6 is 23.0 Å². The van der Waals surface area contributed by atoms with Gasteiger partial charge in [0.2, 0.25) is 0 Å². The Balaban J connectivity index is 2.23. The van der Waals surface area contributed by atoms with Crippen LogP contribution in [-0.2, 0) is 7.80 Å². The molecule has 1 aliphatic heterocycles. The zero-order valence-corrected chi connectivity index (χ0v) is 7.63. The average molecular weight is 242 g/mol. The molecule has 9 heavy (non-hydrogen) atoms. The molecule has 0 saturated carbocycles. The van der Waals surface area contributed by atoms with Gasteiger partial charge >= 0.3 is 0 Å². The average Bonchev–Trinajstić information content (AvgIpc) is 1.88. The van der Waals surface area contributed by atoms with E-state index in [9.17, 15) is 0 Å². The lowest BCUT2D eigenvalue weighted by atomic mass is 10.1. The Morgan fingerprint density at radius 3 is 2.78 bits per heavy atom. The molecule has 2 nitrogen and oxygen atoms in total. The second kappa shape index (κ2) is 3.73. The number of hydrogen-bond acceptors (Lipinski definition) is 2. The first-order valence-electron chi connectivity index (χ1n) is 3.26. The van der Waals surface area contributed by atoms with E-state index >= 15 is 0 Å². The molecule has 0 aromatic heterocycles. The number of ether oxygens (including phenoxy) is 1. The minimum Gasteiger partial charge on any atom is -0.349 e. The van der Waals surface area contributed by atoms with Crippen molar-refractivity contribution >= 4 is 23.0 Å². The lowest BCUT2D eigenvalue weighted by Crippen LogP contribution is -2.25. The molecular formula is C6H11IO2. The second-order valence-electron chi connectivity index (χ2n) is 2.40. The van der Waals surface area contributed by atoms with Crippen LogP contribution in [0.5, 0.6) is 0 Å². The van der Waals surface area contributed by atoms with E-state index in [0.29, 0.717) is 6.10 Å². The molecule has 2 unspecified atom stereocenters. The Labute approximate surface area is 69.6 Å². The van der Waals surface area contributed by atoms with E-state index < -0.39 is 0 Å². The lowest BCUT2D eigenvalue weighted by Gasteiger charge is -2.25. The molecule has 0 spiro atoms. The quantitative estimate of drug-likeness (QED) is 0.656. The monoisotopic (exact) mass is 242 g/mol. The Hall–Kier alpha value is 0.650. The molecule has 1 saturated heterocycles. The fourth-order valence-electron chi connectivity index (χ4n) is 1.03. The third-order valence-electron chi connectivity index (χ3n) is 1.53. The topological polar surface area (TPSA) is 18.5 Å². The molecular weight excluding hydrogens is 231 g/mol. The summed E-state index contributed by atoms with van der Waals surface area (Å²) in [5.41, 5.74) is 0. The maximum Gasteiger partial charge on any atom is 0.169 e. The van der Waals surface area contributed by atoms with Crippen molar-refractivity contribution in [3.05, 3.63) is 0 Å². The van der Waals surface area contributed by atoms with Crippen molar-refractivity contribution < 1.29 is 7.80 Å². The Bertz CT molecular complexity index is 87.1. The summed E-state index contributed by atoms with van der Waals surface area (Å²) in [6.45, 7) is 2.09. The second-order valence-corrected chi connectivity index (χ2v) is 2.90. The van der Waals surface area contributed by atoms with Gasteiger partial charge in [-0.1, -0.05) is 0 Å². The third kappa shape index (κ3) is 2.39. The molecule has 0 amide bonds. The van der Waals surface area contributed by atoms with Crippen molar-refractivity contribution in [3.8, 4) is 0 Å². The third-order valence-corrected chi connectivity index (χ3v) is 2.10. The Morgan fingerprint density at radius 1 is 1.56 bits per heavy atom. The van der Waals surface area contributed by atoms with Crippen LogP contribution in [-0.4, -0.2) is 12.4 Å². The first kappa shape index (κ1) is 7.75. The van der Waals surface area contributed by atoms with Crippen LogP contribution in [0.15, 0.2) is 0 Å². The first-order chi connectivity index (χ1) is 4.33. The normalized spacial score (nSPS) is 36.7. The van der Waals surface area contributed by atoms with Crippen molar-refractivity contribution in [2.45, 2.75) is 38.6 Å². The van der Waals surface area contributed by atoms with Gasteiger partial charge in [-0.25, -0.2) is 0 Å². The zero-order valence-electron chi connectivity index (χ0n) is 5.47. The molecule has 3 heteroatoms. The standard InChI is InChI=1S/C6H11IO2/c1-5-3-2-4-6(8-5)9-7/h5-6H,2-4H2,1H3. The van der Waals surface area contributed by atoms with E-state index in [0.717, 1.165) is 6.42 Å². The summed E-state index contributed by atoms with van der Waals surface area (Å²) >= 11 is 1.89. The van der Waals surface area contributed by atoms with E-state index in [4.69, 9.17) is 7.80 Å². The predicted molar refractivity (Wildman–Crippen MR) is 43.3 cm³/mol. The molecule has 0 aromatic carbocycles. The summed E-state index contributed by atoms with van der Waals surface area (Å²) in [5, 5.41) is 0. The van der Waals surface area contributed by atoms with Gasteiger partial charge < -0.3 is 4.74 Å².